The highest BCUT2D eigenvalue weighted by molar-refractivity contribution is 6.07. The Labute approximate surface area is 238 Å². The van der Waals surface area contributed by atoms with E-state index in [0.717, 1.165) is 11.3 Å². The maximum Gasteiger partial charge on any atom is 0.330 e. The lowest BCUT2D eigenvalue weighted by atomic mass is 9.98. The Bertz CT molecular complexity index is 1530. The van der Waals surface area contributed by atoms with Crippen LogP contribution in [0.4, 0.5) is 11.5 Å². The molecule has 11 nitrogen and oxygen atoms in total. The van der Waals surface area contributed by atoms with E-state index in [4.69, 9.17) is 14.3 Å². The predicted molar refractivity (Wildman–Crippen MR) is 156 cm³/mol. The highest BCUT2D eigenvalue weighted by atomic mass is 16.7. The number of pyridine rings is 1. The average Bonchev–Trinajstić information content (AvgIpc) is 3.38. The molecule has 0 saturated carbocycles. The molecule has 1 amide bonds. The Balaban J connectivity index is 1.22. The molecule has 0 aliphatic carbocycles. The first-order valence-electron chi connectivity index (χ1n) is 13.4. The van der Waals surface area contributed by atoms with Gasteiger partial charge in [-0.1, -0.05) is 0 Å². The third-order valence-corrected chi connectivity index (χ3v) is 6.86. The first-order valence-corrected chi connectivity index (χ1v) is 13.4. The van der Waals surface area contributed by atoms with Crippen molar-refractivity contribution in [3.8, 4) is 22.8 Å². The molecule has 3 heterocycles. The van der Waals surface area contributed by atoms with Crippen molar-refractivity contribution >= 4 is 34.4 Å². The van der Waals surface area contributed by atoms with Crippen molar-refractivity contribution in [2.24, 2.45) is 5.41 Å². The zero-order chi connectivity index (χ0) is 29.1. The first-order chi connectivity index (χ1) is 19.6. The van der Waals surface area contributed by atoms with Crippen LogP contribution >= 0.6 is 0 Å². The van der Waals surface area contributed by atoms with Gasteiger partial charge in [0.05, 0.1) is 43.8 Å². The number of hydrogen-bond donors (Lipinski definition) is 2. The fraction of sp³-hybridized carbons (Fsp3) is 0.333. The lowest BCUT2D eigenvalue weighted by Gasteiger charge is -2.35. The molecule has 41 heavy (non-hydrogen) atoms. The summed E-state index contributed by atoms with van der Waals surface area (Å²) in [6.45, 7) is 8.15. The normalized spacial score (nSPS) is 14.1. The van der Waals surface area contributed by atoms with Gasteiger partial charge in [-0.25, -0.2) is 9.78 Å². The zero-order valence-corrected chi connectivity index (χ0v) is 23.9. The highest BCUT2D eigenvalue weighted by Gasteiger charge is 2.28. The van der Waals surface area contributed by atoms with Crippen LogP contribution in [0.25, 0.3) is 22.3 Å². The van der Waals surface area contributed by atoms with Crippen molar-refractivity contribution in [2.75, 3.05) is 50.6 Å². The number of anilines is 2. The van der Waals surface area contributed by atoms with Gasteiger partial charge in [0.2, 0.25) is 0 Å². The number of methoxy groups -OCH3 is 2. The molecular formula is C30H34N6O5. The van der Waals surface area contributed by atoms with Crippen LogP contribution in [0.3, 0.4) is 0 Å². The molecule has 0 unspecified atom stereocenters. The summed E-state index contributed by atoms with van der Waals surface area (Å²) in [5.74, 6) is 1.21. The average molecular weight is 559 g/mol. The zero-order valence-electron chi connectivity index (χ0n) is 23.9. The van der Waals surface area contributed by atoms with Crippen LogP contribution in [-0.2, 0) is 9.63 Å². The number of ether oxygens (including phenoxy) is 2. The highest BCUT2D eigenvalue weighted by Crippen LogP contribution is 2.31. The van der Waals surface area contributed by atoms with E-state index in [9.17, 15) is 9.59 Å². The molecule has 0 atom stereocenters. The number of hydrogen-bond acceptors (Lipinski definition) is 9. The van der Waals surface area contributed by atoms with Gasteiger partial charge in [0.25, 0.3) is 5.91 Å². The molecule has 0 bridgehead atoms. The minimum Gasteiger partial charge on any atom is -0.497 e. The second-order valence-corrected chi connectivity index (χ2v) is 10.8. The summed E-state index contributed by atoms with van der Waals surface area (Å²) in [5.41, 5.74) is 3.05. The van der Waals surface area contributed by atoms with Gasteiger partial charge in [0, 0.05) is 36.0 Å². The number of H-pyrrole nitrogens is 1. The third-order valence-electron chi connectivity index (χ3n) is 6.86. The molecular weight excluding hydrogens is 524 g/mol. The lowest BCUT2D eigenvalue weighted by Crippen LogP contribution is -2.48. The number of nitrogens with zero attached hydrogens (tertiary/aromatic N) is 4. The lowest BCUT2D eigenvalue weighted by molar-refractivity contribution is -0.201. The number of fused-ring (bicyclic) bond motifs is 1. The molecule has 4 aromatic rings. The number of piperazine rings is 1. The molecule has 1 fully saturated rings. The molecule has 214 valence electrons. The van der Waals surface area contributed by atoms with E-state index in [1.807, 2.05) is 57.2 Å². The third kappa shape index (κ3) is 6.25. The van der Waals surface area contributed by atoms with Gasteiger partial charge in [-0.15, -0.1) is 5.06 Å². The van der Waals surface area contributed by atoms with Gasteiger partial charge < -0.3 is 24.5 Å². The van der Waals surface area contributed by atoms with E-state index in [-0.39, 0.29) is 11.9 Å². The second-order valence-electron chi connectivity index (χ2n) is 10.8. The van der Waals surface area contributed by atoms with Crippen molar-refractivity contribution in [1.29, 1.82) is 0 Å². The van der Waals surface area contributed by atoms with Crippen LogP contribution in [0.1, 0.15) is 31.1 Å². The largest absolute Gasteiger partial charge is 0.497 e. The Kier molecular flexibility index (Phi) is 7.80. The molecule has 1 saturated heterocycles. The summed E-state index contributed by atoms with van der Waals surface area (Å²) in [6, 6.07) is 16.7. The van der Waals surface area contributed by atoms with E-state index in [1.165, 1.54) is 0 Å². The molecule has 5 rings (SSSR count). The van der Waals surface area contributed by atoms with Crippen molar-refractivity contribution in [3.05, 3.63) is 60.2 Å². The Morgan fingerprint density at radius 1 is 0.902 bits per heavy atom. The summed E-state index contributed by atoms with van der Waals surface area (Å²) in [4.78, 5) is 37.6. The van der Waals surface area contributed by atoms with Gasteiger partial charge in [-0.3, -0.25) is 9.89 Å². The van der Waals surface area contributed by atoms with Gasteiger partial charge in [0.1, 0.15) is 11.5 Å². The van der Waals surface area contributed by atoms with Crippen LogP contribution in [0.5, 0.6) is 11.5 Å². The van der Waals surface area contributed by atoms with Crippen LogP contribution in [-0.4, -0.2) is 72.5 Å². The van der Waals surface area contributed by atoms with Crippen LogP contribution < -0.4 is 19.7 Å². The van der Waals surface area contributed by atoms with Gasteiger partial charge in [-0.2, -0.15) is 5.10 Å². The number of amides is 1. The second kappa shape index (κ2) is 11.5. The molecule has 2 N–H and O–H groups in total. The van der Waals surface area contributed by atoms with E-state index < -0.39 is 5.41 Å². The van der Waals surface area contributed by atoms with Gasteiger partial charge in [0.15, 0.2) is 11.5 Å². The number of aromatic nitrogens is 3. The Morgan fingerprint density at radius 3 is 2.17 bits per heavy atom. The number of carbonyl (C=O) groups is 2. The molecule has 0 spiro atoms. The maximum absolute atomic E-state index is 13.0. The first kappa shape index (κ1) is 27.9. The van der Waals surface area contributed by atoms with Crippen molar-refractivity contribution in [1.82, 2.24) is 20.2 Å². The topological polar surface area (TPSA) is 122 Å². The SMILES string of the molecule is COc1cc(OC)cc(-c2ccc3c(NC(=O)c4ccc(N5CCN(OC(=O)C(C)(C)C)CC5)cc4)n[nH]c3n2)c1. The fourth-order valence-electron chi connectivity index (χ4n) is 4.41. The molecule has 1 aliphatic rings. The van der Waals surface area contributed by atoms with Gasteiger partial charge in [-0.05, 0) is 69.3 Å². The van der Waals surface area contributed by atoms with E-state index in [1.54, 1.807) is 37.5 Å². The number of nitrogens with one attached hydrogen (secondary N) is 2. The standard InChI is InChI=1S/C30H34N6O5/c1-30(2,3)29(38)41-36-14-12-35(13-15-36)21-8-6-19(7-9-21)28(37)32-27-24-10-11-25(31-26(24)33-34-27)20-16-22(39-4)18-23(17-20)40-5/h6-11,16-18H,12-15H2,1-5H3,(H2,31,32,33,34,37). The van der Waals surface area contributed by atoms with E-state index in [0.29, 0.717) is 65.8 Å². The van der Waals surface area contributed by atoms with Crippen molar-refractivity contribution in [3.63, 3.8) is 0 Å². The number of carbonyl (C=O) groups excluding carboxylic acids is 2. The number of hydroxylamine groups is 2. The molecule has 2 aromatic heterocycles. The van der Waals surface area contributed by atoms with Crippen LogP contribution in [0, 0.1) is 5.41 Å². The number of rotatable bonds is 7. The number of benzene rings is 2. The molecule has 11 heteroatoms. The Hall–Kier alpha value is -4.64. The summed E-state index contributed by atoms with van der Waals surface area (Å²) >= 11 is 0. The minimum absolute atomic E-state index is 0.236. The summed E-state index contributed by atoms with van der Waals surface area (Å²) in [6.07, 6.45) is 0. The quantitative estimate of drug-likeness (QED) is 0.337. The summed E-state index contributed by atoms with van der Waals surface area (Å²) < 4.78 is 10.7. The molecule has 1 aliphatic heterocycles. The van der Waals surface area contributed by atoms with Crippen LogP contribution in [0.2, 0.25) is 0 Å². The maximum atomic E-state index is 13.0. The fourth-order valence-corrected chi connectivity index (χ4v) is 4.41. The summed E-state index contributed by atoms with van der Waals surface area (Å²) in [5, 5.41) is 12.5. The van der Waals surface area contributed by atoms with Gasteiger partial charge >= 0.3 is 5.97 Å². The van der Waals surface area contributed by atoms with E-state index >= 15 is 0 Å². The Morgan fingerprint density at radius 2 is 1.56 bits per heavy atom. The monoisotopic (exact) mass is 558 g/mol. The minimum atomic E-state index is -0.541. The predicted octanol–water partition coefficient (Wildman–Crippen LogP) is 4.52. The van der Waals surface area contributed by atoms with Crippen molar-refractivity contribution in [2.45, 2.75) is 20.8 Å². The van der Waals surface area contributed by atoms with Crippen molar-refractivity contribution < 1.29 is 23.9 Å². The smallest absolute Gasteiger partial charge is 0.330 e. The van der Waals surface area contributed by atoms with Crippen LogP contribution in [0.15, 0.2) is 54.6 Å². The van der Waals surface area contributed by atoms with E-state index in [2.05, 4.69) is 25.4 Å². The summed E-state index contributed by atoms with van der Waals surface area (Å²) in [7, 11) is 3.20. The molecule has 2 aromatic carbocycles. The molecule has 0 radical (unpaired) electrons. The number of aromatic amines is 1.